The second-order valence-corrected chi connectivity index (χ2v) is 8.50. The predicted octanol–water partition coefficient (Wildman–Crippen LogP) is 3.63. The van der Waals surface area contributed by atoms with Crippen molar-refractivity contribution in [3.8, 4) is 0 Å². The zero-order valence-electron chi connectivity index (χ0n) is 17.4. The topological polar surface area (TPSA) is 77.2 Å². The first-order chi connectivity index (χ1) is 15.2. The monoisotopic (exact) mass is 421 g/mol. The summed E-state index contributed by atoms with van der Waals surface area (Å²) in [6.07, 6.45) is 5.98. The lowest BCUT2D eigenvalue weighted by Gasteiger charge is -2.16. The number of nitrogens with one attached hydrogen (secondary N) is 5. The Morgan fingerprint density at radius 2 is 1.84 bits per heavy atom. The SMILES string of the molecule is O=C(Nc1cccc(Nc2c(F)cc(C=C3NCCN3)cc2C2CC2)c1)C1CCCN1. The molecule has 2 aromatic carbocycles. The maximum absolute atomic E-state index is 15.2. The molecule has 6 nitrogen and oxygen atoms in total. The molecule has 2 aliphatic heterocycles. The number of carbonyl (C=O) groups is 1. The van der Waals surface area contributed by atoms with Crippen molar-refractivity contribution in [2.45, 2.75) is 37.6 Å². The summed E-state index contributed by atoms with van der Waals surface area (Å²) in [7, 11) is 0. The van der Waals surface area contributed by atoms with Crippen LogP contribution in [0.5, 0.6) is 0 Å². The maximum atomic E-state index is 15.2. The molecule has 0 bridgehead atoms. The van der Waals surface area contributed by atoms with Crippen molar-refractivity contribution in [2.24, 2.45) is 0 Å². The average Bonchev–Trinajstić information content (AvgIpc) is 3.22. The van der Waals surface area contributed by atoms with Crippen molar-refractivity contribution in [3.05, 3.63) is 59.2 Å². The second kappa shape index (κ2) is 8.59. The third-order valence-corrected chi connectivity index (χ3v) is 6.00. The Kier molecular flexibility index (Phi) is 5.51. The summed E-state index contributed by atoms with van der Waals surface area (Å²) in [5, 5.41) is 16.0. The summed E-state index contributed by atoms with van der Waals surface area (Å²) < 4.78 is 15.2. The summed E-state index contributed by atoms with van der Waals surface area (Å²) in [4.78, 5) is 12.4. The lowest BCUT2D eigenvalue weighted by molar-refractivity contribution is -0.117. The fourth-order valence-electron chi connectivity index (χ4n) is 4.26. The summed E-state index contributed by atoms with van der Waals surface area (Å²) in [5.41, 5.74) is 3.85. The van der Waals surface area contributed by atoms with E-state index in [0.29, 0.717) is 17.3 Å². The molecule has 5 N–H and O–H groups in total. The number of halogens is 1. The van der Waals surface area contributed by atoms with Gasteiger partial charge in [-0.3, -0.25) is 4.79 Å². The number of anilines is 3. The Bertz CT molecular complexity index is 1000. The molecule has 1 atom stereocenters. The molecule has 162 valence electrons. The Hall–Kier alpha value is -3.06. The molecule has 0 aromatic heterocycles. The van der Waals surface area contributed by atoms with Gasteiger partial charge >= 0.3 is 0 Å². The lowest BCUT2D eigenvalue weighted by Crippen LogP contribution is -2.35. The van der Waals surface area contributed by atoms with E-state index < -0.39 is 0 Å². The van der Waals surface area contributed by atoms with Crippen LogP contribution in [0.4, 0.5) is 21.5 Å². The summed E-state index contributed by atoms with van der Waals surface area (Å²) >= 11 is 0. The Morgan fingerprint density at radius 1 is 1.03 bits per heavy atom. The zero-order valence-corrected chi connectivity index (χ0v) is 17.4. The van der Waals surface area contributed by atoms with Gasteiger partial charge < -0.3 is 26.6 Å². The number of rotatable bonds is 6. The number of carbonyl (C=O) groups excluding carboxylic acids is 1. The van der Waals surface area contributed by atoms with E-state index in [-0.39, 0.29) is 17.8 Å². The summed E-state index contributed by atoms with van der Waals surface area (Å²) in [5.74, 6) is 1.03. The molecular formula is C24H28FN5O. The standard InChI is InChI=1S/C24H28FN5O/c25-20-12-15(13-22-27-9-10-28-22)11-19(16-6-7-16)23(20)29-17-3-1-4-18(14-17)30-24(31)21-5-2-8-26-21/h1,3-4,11-14,16,21,26-29H,2,5-10H2,(H,30,31). The molecule has 2 aromatic rings. The van der Waals surface area contributed by atoms with Gasteiger partial charge in [0.15, 0.2) is 0 Å². The van der Waals surface area contributed by atoms with Crippen LogP contribution in [0.15, 0.2) is 42.2 Å². The van der Waals surface area contributed by atoms with Crippen molar-refractivity contribution < 1.29 is 9.18 Å². The summed E-state index contributed by atoms with van der Waals surface area (Å²) in [6.45, 7) is 2.64. The Balaban J connectivity index is 1.37. The third-order valence-electron chi connectivity index (χ3n) is 6.00. The third kappa shape index (κ3) is 4.66. The smallest absolute Gasteiger partial charge is 0.241 e. The molecule has 31 heavy (non-hydrogen) atoms. The molecule has 3 aliphatic rings. The molecule has 0 spiro atoms. The van der Waals surface area contributed by atoms with E-state index in [2.05, 4.69) is 32.7 Å². The van der Waals surface area contributed by atoms with Gasteiger partial charge in [-0.2, -0.15) is 0 Å². The van der Waals surface area contributed by atoms with E-state index in [1.54, 1.807) is 6.07 Å². The van der Waals surface area contributed by atoms with Gasteiger partial charge in [-0.1, -0.05) is 6.07 Å². The highest BCUT2D eigenvalue weighted by Crippen LogP contribution is 2.45. The van der Waals surface area contributed by atoms with Gasteiger partial charge in [-0.15, -0.1) is 0 Å². The molecular weight excluding hydrogens is 393 g/mol. The van der Waals surface area contributed by atoms with E-state index >= 15 is 4.39 Å². The van der Waals surface area contributed by atoms with Gasteiger partial charge in [0.05, 0.1) is 17.6 Å². The van der Waals surface area contributed by atoms with E-state index in [4.69, 9.17) is 0 Å². The van der Waals surface area contributed by atoms with E-state index in [1.165, 1.54) is 0 Å². The molecule has 0 radical (unpaired) electrons. The first kappa shape index (κ1) is 19.9. The zero-order chi connectivity index (χ0) is 21.2. The van der Waals surface area contributed by atoms with Crippen molar-refractivity contribution in [1.82, 2.24) is 16.0 Å². The van der Waals surface area contributed by atoms with Crippen molar-refractivity contribution in [3.63, 3.8) is 0 Å². The molecule has 1 saturated carbocycles. The predicted molar refractivity (Wildman–Crippen MR) is 122 cm³/mol. The van der Waals surface area contributed by atoms with Crippen molar-refractivity contribution >= 4 is 29.0 Å². The number of benzene rings is 2. The van der Waals surface area contributed by atoms with E-state index in [9.17, 15) is 4.79 Å². The minimum absolute atomic E-state index is 0.0222. The average molecular weight is 422 g/mol. The highest BCUT2D eigenvalue weighted by atomic mass is 19.1. The number of amides is 1. The molecule has 2 heterocycles. The van der Waals surface area contributed by atoms with Gasteiger partial charge in [0.1, 0.15) is 5.82 Å². The van der Waals surface area contributed by atoms with Crippen LogP contribution in [0.2, 0.25) is 0 Å². The minimum Gasteiger partial charge on any atom is -0.370 e. The van der Waals surface area contributed by atoms with Crippen LogP contribution in [0, 0.1) is 5.82 Å². The number of hydrogen-bond donors (Lipinski definition) is 5. The lowest BCUT2D eigenvalue weighted by atomic mass is 10.0. The van der Waals surface area contributed by atoms with Crippen LogP contribution < -0.4 is 26.6 Å². The van der Waals surface area contributed by atoms with Crippen molar-refractivity contribution in [1.29, 1.82) is 0 Å². The molecule has 1 amide bonds. The van der Waals surface area contributed by atoms with Crippen LogP contribution in [-0.4, -0.2) is 31.6 Å². The molecule has 1 aliphatic carbocycles. The van der Waals surface area contributed by atoms with Gasteiger partial charge in [0, 0.05) is 24.5 Å². The van der Waals surface area contributed by atoms with Crippen LogP contribution in [0.3, 0.4) is 0 Å². The Morgan fingerprint density at radius 3 is 2.58 bits per heavy atom. The molecule has 1 unspecified atom stereocenters. The quantitative estimate of drug-likeness (QED) is 0.493. The highest BCUT2D eigenvalue weighted by molar-refractivity contribution is 5.95. The molecule has 3 fully saturated rings. The minimum atomic E-state index is -0.265. The van der Waals surface area contributed by atoms with E-state index in [0.717, 1.165) is 68.0 Å². The molecule has 7 heteroatoms. The maximum Gasteiger partial charge on any atom is 0.241 e. The van der Waals surface area contributed by atoms with E-state index in [1.807, 2.05) is 30.3 Å². The van der Waals surface area contributed by atoms with Crippen molar-refractivity contribution in [2.75, 3.05) is 30.3 Å². The first-order valence-electron chi connectivity index (χ1n) is 11.1. The fraction of sp³-hybridized carbons (Fsp3) is 0.375. The largest absolute Gasteiger partial charge is 0.370 e. The highest BCUT2D eigenvalue weighted by Gasteiger charge is 2.28. The van der Waals surface area contributed by atoms with Gasteiger partial charge in [0.2, 0.25) is 5.91 Å². The van der Waals surface area contributed by atoms with Gasteiger partial charge in [0.25, 0.3) is 0 Å². The Labute approximate surface area is 181 Å². The fourth-order valence-corrected chi connectivity index (χ4v) is 4.26. The van der Waals surface area contributed by atoms with Gasteiger partial charge in [-0.05, 0) is 85.7 Å². The molecule has 2 saturated heterocycles. The van der Waals surface area contributed by atoms with Crippen LogP contribution >= 0.6 is 0 Å². The van der Waals surface area contributed by atoms with Crippen LogP contribution in [-0.2, 0) is 4.79 Å². The van der Waals surface area contributed by atoms with Crippen LogP contribution in [0.25, 0.3) is 6.08 Å². The normalized spacial score (nSPS) is 20.2. The first-order valence-corrected chi connectivity index (χ1v) is 11.1. The second-order valence-electron chi connectivity index (χ2n) is 8.50. The number of hydrogen-bond acceptors (Lipinski definition) is 5. The molecule has 5 rings (SSSR count). The summed E-state index contributed by atoms with van der Waals surface area (Å²) in [6, 6.07) is 11.0. The van der Waals surface area contributed by atoms with Gasteiger partial charge in [-0.25, -0.2) is 4.39 Å². The van der Waals surface area contributed by atoms with Crippen LogP contribution in [0.1, 0.15) is 42.7 Å².